The molecule has 2 aliphatic rings. The van der Waals surface area contributed by atoms with Crippen LogP contribution in [0, 0.1) is 0 Å². The van der Waals surface area contributed by atoms with E-state index in [2.05, 4.69) is 10.2 Å². The predicted octanol–water partition coefficient (Wildman–Crippen LogP) is 3.85. The second-order valence-corrected chi connectivity index (χ2v) is 13.4. The minimum Gasteiger partial charge on any atom is -0.464 e. The van der Waals surface area contributed by atoms with Gasteiger partial charge in [-0.2, -0.15) is 0 Å². The molecule has 2 aromatic carbocycles. The first-order valence-corrected chi connectivity index (χ1v) is 16.6. The Balaban J connectivity index is 1.52. The number of sulfonamides is 1. The number of ether oxygens (including phenoxy) is 1. The summed E-state index contributed by atoms with van der Waals surface area (Å²) in [4.78, 5) is 47.7. The van der Waals surface area contributed by atoms with E-state index in [0.717, 1.165) is 19.1 Å². The molecule has 3 aromatic rings. The minimum absolute atomic E-state index is 0.0369. The molecule has 0 unspecified atom stereocenters. The molecule has 234 valence electrons. The average Bonchev–Trinajstić information content (AvgIpc) is 3.36. The third-order valence-electron chi connectivity index (χ3n) is 8.34. The first-order chi connectivity index (χ1) is 21.0. The summed E-state index contributed by atoms with van der Waals surface area (Å²) < 4.78 is 33.9. The van der Waals surface area contributed by atoms with Crippen molar-refractivity contribution in [3.63, 3.8) is 0 Å². The van der Waals surface area contributed by atoms with Crippen LogP contribution in [0.5, 0.6) is 0 Å². The normalized spacial score (nSPS) is 21.9. The summed E-state index contributed by atoms with van der Waals surface area (Å²) in [5, 5.41) is 0.496. The highest BCUT2D eigenvalue weighted by molar-refractivity contribution is 7.88. The van der Waals surface area contributed by atoms with Crippen LogP contribution in [0.15, 0.2) is 60.7 Å². The van der Waals surface area contributed by atoms with Gasteiger partial charge in [-0.15, -0.1) is 0 Å². The van der Waals surface area contributed by atoms with Gasteiger partial charge in [0.15, 0.2) is 0 Å². The van der Waals surface area contributed by atoms with Gasteiger partial charge in [0.25, 0.3) is 11.8 Å². The number of aromatic nitrogens is 1. The molecule has 1 fully saturated rings. The Morgan fingerprint density at radius 3 is 2.43 bits per heavy atom. The number of hydrogen-bond acceptors (Lipinski definition) is 7. The number of amides is 2. The van der Waals surface area contributed by atoms with Crippen molar-refractivity contribution in [1.29, 1.82) is 0 Å². The standard InChI is InChI=1S/C31H35ClN4O7S/c1-35-21(16-17-26(35)31(39)42-2)18-43-33-29(37)27-22-8-4-5-9-23(22)30(38)36(28(27)19-12-14-20(32)15-13-19)25-11-7-6-10-24(25)34-44(3,40)41/h4-5,8-9,12-17,24-25,27-28,34H,6-7,10-11,18H2,1-3H3,(H,33,37)/t24-,25-,27+,28-/m0/s1. The zero-order valence-electron chi connectivity index (χ0n) is 24.7. The van der Waals surface area contributed by atoms with E-state index in [1.807, 2.05) is 0 Å². The molecule has 0 radical (unpaired) electrons. The number of nitrogens with one attached hydrogen (secondary N) is 2. The van der Waals surface area contributed by atoms with E-state index < -0.39 is 45.9 Å². The zero-order chi connectivity index (χ0) is 31.6. The molecular formula is C31H35ClN4O7S. The lowest BCUT2D eigenvalue weighted by Crippen LogP contribution is -2.59. The van der Waals surface area contributed by atoms with E-state index in [-0.39, 0.29) is 12.5 Å². The number of methoxy groups -OCH3 is 1. The van der Waals surface area contributed by atoms with Crippen molar-refractivity contribution in [2.24, 2.45) is 7.05 Å². The summed E-state index contributed by atoms with van der Waals surface area (Å²) in [6.07, 6.45) is 3.84. The number of halogens is 1. The number of fused-ring (bicyclic) bond motifs is 1. The van der Waals surface area contributed by atoms with Crippen LogP contribution in [0.1, 0.15) is 75.3 Å². The Morgan fingerprint density at radius 1 is 1.02 bits per heavy atom. The SMILES string of the molecule is COC(=O)c1ccc(CONC(=O)[C@@H]2c3ccccc3C(=O)N([C@H]3CCCC[C@@H]3NS(C)(=O)=O)[C@H]2c2ccc(Cl)cc2)n1C. The van der Waals surface area contributed by atoms with Gasteiger partial charge in [-0.25, -0.2) is 23.4 Å². The average molecular weight is 643 g/mol. The van der Waals surface area contributed by atoms with Gasteiger partial charge in [0.1, 0.15) is 12.3 Å². The molecule has 1 aliphatic heterocycles. The van der Waals surface area contributed by atoms with E-state index in [4.69, 9.17) is 21.2 Å². The van der Waals surface area contributed by atoms with Gasteiger partial charge < -0.3 is 14.2 Å². The van der Waals surface area contributed by atoms with Crippen LogP contribution in [0.3, 0.4) is 0 Å². The maximum Gasteiger partial charge on any atom is 0.354 e. The molecule has 2 N–H and O–H groups in total. The van der Waals surface area contributed by atoms with Crippen molar-refractivity contribution in [2.75, 3.05) is 13.4 Å². The molecular weight excluding hydrogens is 608 g/mol. The van der Waals surface area contributed by atoms with Crippen LogP contribution in [0.25, 0.3) is 0 Å². The lowest BCUT2D eigenvalue weighted by molar-refractivity contribution is -0.138. The number of nitrogens with zero attached hydrogens (tertiary/aromatic N) is 2. The number of rotatable bonds is 9. The van der Waals surface area contributed by atoms with Crippen LogP contribution in [0.4, 0.5) is 0 Å². The number of hydroxylamine groups is 1. The minimum atomic E-state index is -3.57. The van der Waals surface area contributed by atoms with E-state index in [1.54, 1.807) is 77.2 Å². The molecule has 0 bridgehead atoms. The fourth-order valence-corrected chi connectivity index (χ4v) is 7.27. The van der Waals surface area contributed by atoms with Gasteiger partial charge in [-0.3, -0.25) is 14.4 Å². The highest BCUT2D eigenvalue weighted by Gasteiger charge is 2.49. The van der Waals surface area contributed by atoms with Crippen molar-refractivity contribution in [1.82, 2.24) is 19.7 Å². The molecule has 44 heavy (non-hydrogen) atoms. The molecule has 1 aliphatic carbocycles. The maximum absolute atomic E-state index is 14.3. The largest absolute Gasteiger partial charge is 0.464 e. The lowest BCUT2D eigenvalue weighted by Gasteiger charge is -2.49. The van der Waals surface area contributed by atoms with Gasteiger partial charge >= 0.3 is 5.97 Å². The summed E-state index contributed by atoms with van der Waals surface area (Å²) in [5.74, 6) is -2.16. The van der Waals surface area contributed by atoms with Crippen LogP contribution >= 0.6 is 11.6 Å². The molecule has 2 amide bonds. The molecule has 1 saturated carbocycles. The second kappa shape index (κ2) is 13.1. The summed E-state index contributed by atoms with van der Waals surface area (Å²) in [6.45, 7) is -0.0369. The fourth-order valence-electron chi connectivity index (χ4n) is 6.32. The third kappa shape index (κ3) is 6.53. The lowest BCUT2D eigenvalue weighted by atomic mass is 9.76. The van der Waals surface area contributed by atoms with Crippen molar-refractivity contribution in [2.45, 2.75) is 56.3 Å². The number of hydrogen-bond donors (Lipinski definition) is 2. The molecule has 0 spiro atoms. The molecule has 5 rings (SSSR count). The smallest absolute Gasteiger partial charge is 0.354 e. The molecule has 0 saturated heterocycles. The van der Waals surface area contributed by atoms with Crippen LogP contribution in [0.2, 0.25) is 5.02 Å². The number of benzene rings is 2. The third-order valence-corrected chi connectivity index (χ3v) is 9.32. The van der Waals surface area contributed by atoms with Crippen molar-refractivity contribution in [3.05, 3.63) is 93.8 Å². The molecule has 13 heteroatoms. The maximum atomic E-state index is 14.3. The monoisotopic (exact) mass is 642 g/mol. The van der Waals surface area contributed by atoms with Crippen molar-refractivity contribution < 1.29 is 32.4 Å². The molecule has 1 aromatic heterocycles. The summed E-state index contributed by atoms with van der Waals surface area (Å²) in [7, 11) is -0.587. The van der Waals surface area contributed by atoms with Gasteiger partial charge in [0.2, 0.25) is 10.0 Å². The van der Waals surface area contributed by atoms with Crippen molar-refractivity contribution in [3.8, 4) is 0 Å². The number of carbonyl (C=O) groups excluding carboxylic acids is 3. The first kappa shape index (κ1) is 31.7. The predicted molar refractivity (Wildman–Crippen MR) is 163 cm³/mol. The highest BCUT2D eigenvalue weighted by atomic mass is 35.5. The summed E-state index contributed by atoms with van der Waals surface area (Å²) >= 11 is 6.22. The van der Waals surface area contributed by atoms with Gasteiger partial charge in [0, 0.05) is 35.4 Å². The van der Waals surface area contributed by atoms with Gasteiger partial charge in [0.05, 0.1) is 25.3 Å². The summed E-state index contributed by atoms with van der Waals surface area (Å²) in [6, 6.07) is 15.4. The van der Waals surface area contributed by atoms with Crippen LogP contribution < -0.4 is 10.2 Å². The van der Waals surface area contributed by atoms with Crippen LogP contribution in [-0.4, -0.2) is 61.1 Å². The van der Waals surface area contributed by atoms with E-state index in [1.165, 1.54) is 7.11 Å². The first-order valence-electron chi connectivity index (χ1n) is 14.3. The Labute approximate surface area is 261 Å². The highest BCUT2D eigenvalue weighted by Crippen LogP contribution is 2.46. The van der Waals surface area contributed by atoms with E-state index >= 15 is 0 Å². The number of carbonyl (C=O) groups is 3. The molecule has 4 atom stereocenters. The second-order valence-electron chi connectivity index (χ2n) is 11.1. The molecule has 2 heterocycles. The Hall–Kier alpha value is -3.71. The van der Waals surface area contributed by atoms with Crippen molar-refractivity contribution >= 4 is 39.4 Å². The fraction of sp³-hybridized carbons (Fsp3) is 0.387. The quantitative estimate of drug-likeness (QED) is 0.267. The summed E-state index contributed by atoms with van der Waals surface area (Å²) in [5.41, 5.74) is 5.11. The van der Waals surface area contributed by atoms with Crippen LogP contribution in [-0.2, 0) is 38.0 Å². The van der Waals surface area contributed by atoms with E-state index in [0.29, 0.717) is 45.9 Å². The van der Waals surface area contributed by atoms with E-state index in [9.17, 15) is 22.8 Å². The van der Waals surface area contributed by atoms with Gasteiger partial charge in [-0.05, 0) is 54.3 Å². The molecule has 11 nitrogen and oxygen atoms in total. The number of esters is 1. The zero-order valence-corrected chi connectivity index (χ0v) is 26.2. The Kier molecular flexibility index (Phi) is 9.45. The topological polar surface area (TPSA) is 136 Å². The Morgan fingerprint density at radius 2 is 1.73 bits per heavy atom. The Bertz CT molecular complexity index is 1660. The van der Waals surface area contributed by atoms with Gasteiger partial charge in [-0.1, -0.05) is 54.8 Å².